The molecule has 6 heteroatoms. The Labute approximate surface area is 180 Å². The summed E-state index contributed by atoms with van der Waals surface area (Å²) < 4.78 is 39.9. The van der Waals surface area contributed by atoms with E-state index in [-0.39, 0.29) is 23.0 Å². The zero-order valence-corrected chi connectivity index (χ0v) is 17.0. The van der Waals surface area contributed by atoms with Crippen LogP contribution in [0.5, 0.6) is 17.2 Å². The van der Waals surface area contributed by atoms with Crippen molar-refractivity contribution in [2.75, 3.05) is 14.1 Å². The Bertz CT molecular complexity index is 1100. The number of fused-ring (bicyclic) bond motifs is 1. The largest absolute Gasteiger partial charge is 0.493 e. The number of hydrogen-bond donors (Lipinski definition) is 1. The number of ether oxygens (including phenoxy) is 3. The molecule has 1 N–H and O–H groups in total. The predicted octanol–water partition coefficient (Wildman–Crippen LogP) is 4.52. The fourth-order valence-corrected chi connectivity index (χ4v) is 4.52. The Morgan fingerprint density at radius 3 is 2.50 bits per heavy atom. The van der Waals surface area contributed by atoms with Crippen LogP contribution in [0.1, 0.15) is 52.6 Å². The molecule has 0 amide bonds. The van der Waals surface area contributed by atoms with Gasteiger partial charge in [0.1, 0.15) is 11.5 Å². The number of carbonyl (C=O) groups is 2. The lowest BCUT2D eigenvalue weighted by Crippen LogP contribution is -2.49. The van der Waals surface area contributed by atoms with Crippen LogP contribution in [-0.2, 0) is 11.2 Å². The summed E-state index contributed by atoms with van der Waals surface area (Å²) in [5.74, 6) is -0.773. The van der Waals surface area contributed by atoms with Crippen molar-refractivity contribution in [3.63, 3.8) is 0 Å². The Balaban J connectivity index is 1.90. The first-order chi connectivity index (χ1) is 15.6. The van der Waals surface area contributed by atoms with Crippen LogP contribution in [0.3, 0.4) is 0 Å². The topological polar surface area (TPSA) is 82.1 Å². The van der Waals surface area contributed by atoms with Crippen LogP contribution < -0.4 is 14.2 Å². The zero-order valence-electron chi connectivity index (χ0n) is 20.0. The van der Waals surface area contributed by atoms with Gasteiger partial charge in [-0.05, 0) is 49.4 Å². The summed E-state index contributed by atoms with van der Waals surface area (Å²) in [4.78, 5) is 24.4. The van der Waals surface area contributed by atoms with Gasteiger partial charge in [0.15, 0.2) is 17.3 Å². The highest BCUT2D eigenvalue weighted by Crippen LogP contribution is 2.50. The molecule has 0 heterocycles. The molecule has 2 aromatic carbocycles. The van der Waals surface area contributed by atoms with Gasteiger partial charge in [-0.2, -0.15) is 0 Å². The number of carboxylic acid groups (broad SMARTS) is 1. The molecule has 0 radical (unpaired) electrons. The molecule has 1 atom stereocenters. The van der Waals surface area contributed by atoms with Crippen molar-refractivity contribution < 1.29 is 33.0 Å². The third kappa shape index (κ3) is 3.02. The summed E-state index contributed by atoms with van der Waals surface area (Å²) in [6.07, 6.45) is 1.90. The highest BCUT2D eigenvalue weighted by Gasteiger charge is 2.50. The number of rotatable bonds is 7. The van der Waals surface area contributed by atoms with Gasteiger partial charge in [0, 0.05) is 17.5 Å². The lowest BCUT2D eigenvalue weighted by Gasteiger charge is -2.42. The Hall–Kier alpha value is -3.02. The molecule has 0 aliphatic heterocycles. The molecule has 2 aromatic rings. The zero-order chi connectivity index (χ0) is 24.0. The Morgan fingerprint density at radius 1 is 1.10 bits per heavy atom. The minimum Gasteiger partial charge on any atom is -0.493 e. The molecular weight excluding hydrogens is 384 g/mol. The lowest BCUT2D eigenvalue weighted by molar-refractivity contribution is -0.162. The van der Waals surface area contributed by atoms with Crippen molar-refractivity contribution in [3.8, 4) is 28.4 Å². The molecular formula is C24H26O6. The van der Waals surface area contributed by atoms with E-state index in [4.69, 9.17) is 18.3 Å². The van der Waals surface area contributed by atoms with Gasteiger partial charge in [-0.25, -0.2) is 0 Å². The maximum atomic E-state index is 12.3. The average molecular weight is 413 g/mol. The van der Waals surface area contributed by atoms with E-state index in [0.717, 1.165) is 17.5 Å². The minimum absolute atomic E-state index is 0.0504. The molecule has 158 valence electrons. The van der Waals surface area contributed by atoms with E-state index in [0.29, 0.717) is 36.8 Å². The van der Waals surface area contributed by atoms with Gasteiger partial charge in [0.05, 0.1) is 18.3 Å². The quantitative estimate of drug-likeness (QED) is 0.719. The third-order valence-electron chi connectivity index (χ3n) is 6.51. The van der Waals surface area contributed by atoms with Crippen molar-refractivity contribution in [2.24, 2.45) is 5.41 Å². The number of carboxylic acids is 1. The van der Waals surface area contributed by atoms with E-state index >= 15 is 0 Å². The van der Waals surface area contributed by atoms with E-state index in [9.17, 15) is 14.7 Å². The van der Waals surface area contributed by atoms with E-state index in [1.807, 2.05) is 6.07 Å². The fourth-order valence-electron chi connectivity index (χ4n) is 4.52. The SMILES string of the molecule is [2H]C([2H])([2H])Oc1c(OC)ccc(-c2cccc3c2CCC3=O)c1OC(C)C1(C(=O)O)CCC1. The number of benzene rings is 2. The van der Waals surface area contributed by atoms with Crippen molar-refractivity contribution in [2.45, 2.75) is 45.1 Å². The molecule has 0 saturated heterocycles. The van der Waals surface area contributed by atoms with Crippen molar-refractivity contribution in [3.05, 3.63) is 41.5 Å². The first kappa shape index (κ1) is 16.7. The van der Waals surface area contributed by atoms with E-state index in [2.05, 4.69) is 0 Å². The van der Waals surface area contributed by atoms with Gasteiger partial charge in [-0.1, -0.05) is 24.6 Å². The molecule has 4 rings (SSSR count). The predicted molar refractivity (Wildman–Crippen MR) is 112 cm³/mol. The second-order valence-electron chi connectivity index (χ2n) is 7.91. The second-order valence-corrected chi connectivity index (χ2v) is 7.91. The Kier molecular flexibility index (Phi) is 4.28. The molecule has 1 unspecified atom stereocenters. The summed E-state index contributed by atoms with van der Waals surface area (Å²) in [5, 5.41) is 9.87. The van der Waals surface area contributed by atoms with E-state index in [1.165, 1.54) is 7.11 Å². The maximum absolute atomic E-state index is 12.3. The molecule has 0 aromatic heterocycles. The first-order valence-corrected chi connectivity index (χ1v) is 10.0. The summed E-state index contributed by atoms with van der Waals surface area (Å²) in [5.41, 5.74) is 1.65. The minimum atomic E-state index is -2.79. The third-order valence-corrected chi connectivity index (χ3v) is 6.51. The number of aliphatic carboxylic acids is 1. The number of Topliss-reactive ketones (excluding diaryl/α,β-unsaturated/α-hetero) is 1. The molecule has 1 saturated carbocycles. The van der Waals surface area contributed by atoms with Crippen LogP contribution in [-0.4, -0.2) is 37.1 Å². The highest BCUT2D eigenvalue weighted by atomic mass is 16.5. The monoisotopic (exact) mass is 413 g/mol. The van der Waals surface area contributed by atoms with Crippen molar-refractivity contribution >= 4 is 11.8 Å². The van der Waals surface area contributed by atoms with Crippen LogP contribution in [0.2, 0.25) is 0 Å². The summed E-state index contributed by atoms with van der Waals surface area (Å²) in [6, 6.07) is 8.69. The molecule has 6 nitrogen and oxygen atoms in total. The molecule has 2 aliphatic rings. The Morgan fingerprint density at radius 2 is 1.87 bits per heavy atom. The van der Waals surface area contributed by atoms with Gasteiger partial charge in [-0.15, -0.1) is 0 Å². The average Bonchev–Trinajstić information content (AvgIpc) is 3.08. The molecule has 2 aliphatic carbocycles. The number of ketones is 1. The van der Waals surface area contributed by atoms with Gasteiger partial charge in [-0.3, -0.25) is 9.59 Å². The maximum Gasteiger partial charge on any atom is 0.313 e. The summed E-state index contributed by atoms with van der Waals surface area (Å²) >= 11 is 0. The molecule has 0 spiro atoms. The van der Waals surface area contributed by atoms with Crippen LogP contribution in [0, 0.1) is 5.41 Å². The van der Waals surface area contributed by atoms with Crippen LogP contribution in [0.25, 0.3) is 11.1 Å². The first-order valence-electron chi connectivity index (χ1n) is 11.5. The normalized spacial score (nSPS) is 19.5. The highest BCUT2D eigenvalue weighted by molar-refractivity contribution is 6.02. The molecule has 1 fully saturated rings. The summed E-state index contributed by atoms with van der Waals surface area (Å²) in [6.45, 7) is 1.68. The van der Waals surface area contributed by atoms with Crippen molar-refractivity contribution in [1.29, 1.82) is 0 Å². The van der Waals surface area contributed by atoms with Gasteiger partial charge < -0.3 is 19.3 Å². The molecule has 30 heavy (non-hydrogen) atoms. The number of hydrogen-bond acceptors (Lipinski definition) is 5. The molecule has 0 bridgehead atoms. The van der Waals surface area contributed by atoms with Gasteiger partial charge >= 0.3 is 5.97 Å². The van der Waals surface area contributed by atoms with Crippen LogP contribution >= 0.6 is 0 Å². The van der Waals surface area contributed by atoms with E-state index in [1.54, 1.807) is 31.2 Å². The lowest BCUT2D eigenvalue weighted by atomic mass is 9.65. The fraction of sp³-hybridized carbons (Fsp3) is 0.417. The van der Waals surface area contributed by atoms with Gasteiger partial charge in [0.2, 0.25) is 5.75 Å². The van der Waals surface area contributed by atoms with E-state index < -0.39 is 24.5 Å². The smallest absolute Gasteiger partial charge is 0.313 e. The second kappa shape index (κ2) is 7.67. The summed E-state index contributed by atoms with van der Waals surface area (Å²) in [7, 11) is -1.40. The van der Waals surface area contributed by atoms with Crippen LogP contribution in [0.15, 0.2) is 30.3 Å². The van der Waals surface area contributed by atoms with Crippen molar-refractivity contribution in [1.82, 2.24) is 0 Å². The standard InChI is InChI=1S/C24H26O6/c1-14(24(23(26)27)12-5-13-24)30-21-18(9-11-20(28-2)22(21)29-3)15-6-4-7-17-16(15)8-10-19(17)25/h4,6-7,9,11,14H,5,8,10,12-13H2,1-3H3,(H,26,27)/i3D3. The van der Waals surface area contributed by atoms with Gasteiger partial charge in [0.25, 0.3) is 0 Å². The number of carbonyl (C=O) groups excluding carboxylic acids is 1. The number of methoxy groups -OCH3 is 2. The van der Waals surface area contributed by atoms with Crippen LogP contribution in [0.4, 0.5) is 0 Å².